The summed E-state index contributed by atoms with van der Waals surface area (Å²) in [6.45, 7) is 7.73. The van der Waals surface area contributed by atoms with Gasteiger partial charge >= 0.3 is 5.97 Å². The molecular weight excluding hydrogens is 300 g/mol. The van der Waals surface area contributed by atoms with E-state index in [1.165, 1.54) is 10.9 Å². The van der Waals surface area contributed by atoms with E-state index in [4.69, 9.17) is 4.74 Å². The Morgan fingerprint density at radius 2 is 2.05 bits per heavy atom. The van der Waals surface area contributed by atoms with Crippen molar-refractivity contribution in [3.05, 3.63) is 29.8 Å². The number of carbonyl (C=O) groups is 1. The molecule has 0 amide bonds. The van der Waals surface area contributed by atoms with Crippen LogP contribution in [-0.4, -0.2) is 46.0 Å². The SMILES string of the molecule is C[Si](C)(C)CCOCn1nnc(-c2ccccc2C(=O)O)n1. The summed E-state index contributed by atoms with van der Waals surface area (Å²) in [6, 6.07) is 7.65. The van der Waals surface area contributed by atoms with E-state index in [2.05, 4.69) is 35.1 Å². The number of rotatable bonds is 7. The highest BCUT2D eigenvalue weighted by Gasteiger charge is 2.15. The second-order valence-corrected chi connectivity index (χ2v) is 11.8. The number of aromatic carboxylic acids is 1. The molecule has 0 radical (unpaired) electrons. The van der Waals surface area contributed by atoms with Crippen LogP contribution in [0.1, 0.15) is 10.4 Å². The number of aromatic nitrogens is 4. The zero-order valence-electron chi connectivity index (χ0n) is 13.0. The van der Waals surface area contributed by atoms with E-state index >= 15 is 0 Å². The summed E-state index contributed by atoms with van der Waals surface area (Å²) in [5.74, 6) is -0.731. The molecule has 1 N–H and O–H groups in total. The average Bonchev–Trinajstić information content (AvgIpc) is 2.91. The molecule has 1 aromatic heterocycles. The zero-order chi connectivity index (χ0) is 16.2. The van der Waals surface area contributed by atoms with E-state index in [1.807, 2.05) is 0 Å². The lowest BCUT2D eigenvalue weighted by atomic mass is 10.1. The summed E-state index contributed by atoms with van der Waals surface area (Å²) < 4.78 is 5.54. The fourth-order valence-electron chi connectivity index (χ4n) is 1.79. The number of hydrogen-bond acceptors (Lipinski definition) is 5. The quantitative estimate of drug-likeness (QED) is 0.622. The molecule has 0 aliphatic rings. The van der Waals surface area contributed by atoms with Crippen LogP contribution in [-0.2, 0) is 11.5 Å². The Hall–Kier alpha value is -2.06. The Morgan fingerprint density at radius 3 is 2.73 bits per heavy atom. The van der Waals surface area contributed by atoms with Gasteiger partial charge in [0.1, 0.15) is 0 Å². The molecule has 2 rings (SSSR count). The highest BCUT2D eigenvalue weighted by molar-refractivity contribution is 6.76. The largest absolute Gasteiger partial charge is 0.478 e. The van der Waals surface area contributed by atoms with Gasteiger partial charge in [-0.2, -0.15) is 0 Å². The number of carboxylic acid groups (broad SMARTS) is 1. The Kier molecular flexibility index (Phi) is 5.04. The van der Waals surface area contributed by atoms with Gasteiger partial charge in [0.2, 0.25) is 5.82 Å². The molecular formula is C14H20N4O3Si. The molecule has 8 heteroatoms. The molecule has 1 heterocycles. The Morgan fingerprint density at radius 1 is 1.32 bits per heavy atom. The second-order valence-electron chi connectivity index (χ2n) is 6.18. The first-order valence-corrected chi connectivity index (χ1v) is 10.8. The van der Waals surface area contributed by atoms with Crippen molar-refractivity contribution in [3.8, 4) is 11.4 Å². The van der Waals surface area contributed by atoms with Crippen LogP contribution in [0.15, 0.2) is 24.3 Å². The summed E-state index contributed by atoms with van der Waals surface area (Å²) >= 11 is 0. The van der Waals surface area contributed by atoms with Crippen molar-refractivity contribution >= 4 is 14.0 Å². The lowest BCUT2D eigenvalue weighted by Crippen LogP contribution is -2.22. The van der Waals surface area contributed by atoms with E-state index in [1.54, 1.807) is 18.2 Å². The average molecular weight is 320 g/mol. The third kappa shape index (κ3) is 4.47. The van der Waals surface area contributed by atoms with Gasteiger partial charge in [-0.25, -0.2) is 4.79 Å². The van der Waals surface area contributed by atoms with Crippen molar-refractivity contribution in [2.24, 2.45) is 0 Å². The zero-order valence-corrected chi connectivity index (χ0v) is 14.0. The molecule has 0 fully saturated rings. The van der Waals surface area contributed by atoms with Crippen LogP contribution in [0.5, 0.6) is 0 Å². The molecule has 0 unspecified atom stereocenters. The molecule has 0 saturated heterocycles. The number of benzene rings is 1. The van der Waals surface area contributed by atoms with Crippen LogP contribution in [0.25, 0.3) is 11.4 Å². The fourth-order valence-corrected chi connectivity index (χ4v) is 2.55. The minimum Gasteiger partial charge on any atom is -0.478 e. The van der Waals surface area contributed by atoms with Crippen LogP contribution in [0, 0.1) is 0 Å². The van der Waals surface area contributed by atoms with Gasteiger partial charge in [0, 0.05) is 20.2 Å². The second kappa shape index (κ2) is 6.80. The minimum atomic E-state index is -1.12. The van der Waals surface area contributed by atoms with Gasteiger partial charge in [-0.3, -0.25) is 0 Å². The maximum atomic E-state index is 11.2. The first-order valence-electron chi connectivity index (χ1n) is 7.05. The summed E-state index contributed by atoms with van der Waals surface area (Å²) in [5, 5.41) is 21.2. The maximum Gasteiger partial charge on any atom is 0.336 e. The van der Waals surface area contributed by atoms with Crippen molar-refractivity contribution in [2.75, 3.05) is 6.61 Å². The van der Waals surface area contributed by atoms with E-state index in [0.29, 0.717) is 12.2 Å². The number of carboxylic acids is 1. The molecule has 7 nitrogen and oxygen atoms in total. The molecule has 0 aliphatic carbocycles. The Balaban J connectivity index is 2.02. The van der Waals surface area contributed by atoms with E-state index in [9.17, 15) is 9.90 Å². The molecule has 1 aromatic carbocycles. The normalized spacial score (nSPS) is 11.6. The van der Waals surface area contributed by atoms with Gasteiger partial charge in [0.25, 0.3) is 0 Å². The maximum absolute atomic E-state index is 11.2. The highest BCUT2D eigenvalue weighted by Crippen LogP contribution is 2.19. The predicted molar refractivity (Wildman–Crippen MR) is 84.3 cm³/mol. The van der Waals surface area contributed by atoms with Gasteiger partial charge in [0.15, 0.2) is 6.73 Å². The molecule has 22 heavy (non-hydrogen) atoms. The summed E-state index contributed by atoms with van der Waals surface area (Å²) in [4.78, 5) is 12.5. The van der Waals surface area contributed by atoms with E-state index in [-0.39, 0.29) is 18.1 Å². The lowest BCUT2D eigenvalue weighted by molar-refractivity contribution is 0.0674. The number of tetrazole rings is 1. The van der Waals surface area contributed by atoms with Crippen molar-refractivity contribution < 1.29 is 14.6 Å². The van der Waals surface area contributed by atoms with Crippen LogP contribution >= 0.6 is 0 Å². The van der Waals surface area contributed by atoms with Crippen LogP contribution < -0.4 is 0 Å². The van der Waals surface area contributed by atoms with Gasteiger partial charge in [0.05, 0.1) is 5.56 Å². The Bertz CT molecular complexity index is 652. The summed E-state index contributed by atoms with van der Waals surface area (Å²) in [7, 11) is -1.12. The predicted octanol–water partition coefficient (Wildman–Crippen LogP) is 2.35. The van der Waals surface area contributed by atoms with Crippen LogP contribution in [0.2, 0.25) is 25.7 Å². The third-order valence-electron chi connectivity index (χ3n) is 3.05. The lowest BCUT2D eigenvalue weighted by Gasteiger charge is -2.14. The van der Waals surface area contributed by atoms with Crippen molar-refractivity contribution in [2.45, 2.75) is 32.4 Å². The van der Waals surface area contributed by atoms with Gasteiger partial charge in [-0.05, 0) is 17.3 Å². The Labute approximate surface area is 129 Å². The van der Waals surface area contributed by atoms with E-state index in [0.717, 1.165) is 6.04 Å². The summed E-state index contributed by atoms with van der Waals surface area (Å²) in [6.07, 6.45) is 0. The number of ether oxygens (including phenoxy) is 1. The first kappa shape index (κ1) is 16.3. The van der Waals surface area contributed by atoms with E-state index < -0.39 is 14.0 Å². The third-order valence-corrected chi connectivity index (χ3v) is 4.76. The van der Waals surface area contributed by atoms with Crippen molar-refractivity contribution in [1.29, 1.82) is 0 Å². The molecule has 0 aliphatic heterocycles. The topological polar surface area (TPSA) is 90.1 Å². The van der Waals surface area contributed by atoms with Crippen LogP contribution in [0.4, 0.5) is 0 Å². The molecule has 0 spiro atoms. The monoisotopic (exact) mass is 320 g/mol. The van der Waals surface area contributed by atoms with Crippen molar-refractivity contribution in [3.63, 3.8) is 0 Å². The van der Waals surface area contributed by atoms with Gasteiger partial charge in [-0.15, -0.1) is 15.0 Å². The highest BCUT2D eigenvalue weighted by atomic mass is 28.3. The van der Waals surface area contributed by atoms with Crippen LogP contribution in [0.3, 0.4) is 0 Å². The summed E-state index contributed by atoms with van der Waals surface area (Å²) in [5.41, 5.74) is 0.602. The van der Waals surface area contributed by atoms with Gasteiger partial charge < -0.3 is 9.84 Å². The number of nitrogens with zero attached hydrogens (tertiary/aromatic N) is 4. The molecule has 0 atom stereocenters. The fraction of sp³-hybridized carbons (Fsp3) is 0.429. The number of hydrogen-bond donors (Lipinski definition) is 1. The standard InChI is InChI=1S/C14H20N4O3Si/c1-22(2,3)9-8-21-10-18-16-13(15-17-18)11-6-4-5-7-12(11)14(19)20/h4-7H,8-10H2,1-3H3,(H,19,20). The first-order chi connectivity index (χ1) is 10.4. The smallest absolute Gasteiger partial charge is 0.336 e. The molecule has 0 saturated carbocycles. The minimum absolute atomic E-state index is 0.154. The van der Waals surface area contributed by atoms with Crippen molar-refractivity contribution in [1.82, 2.24) is 20.2 Å². The molecule has 118 valence electrons. The molecule has 0 bridgehead atoms. The molecule has 2 aromatic rings. The van der Waals surface area contributed by atoms with Gasteiger partial charge in [-0.1, -0.05) is 37.8 Å².